The van der Waals surface area contributed by atoms with Gasteiger partial charge in [0.05, 0.1) is 0 Å². The second-order valence-electron chi connectivity index (χ2n) is 4.70. The molecule has 8 nitrogen and oxygen atoms in total. The minimum absolute atomic E-state index is 1.28. The lowest BCUT2D eigenvalue weighted by Crippen LogP contribution is -2.52. The highest BCUT2D eigenvalue weighted by molar-refractivity contribution is 6.31. The van der Waals surface area contributed by atoms with Crippen molar-refractivity contribution in [2.45, 2.75) is 0 Å². The van der Waals surface area contributed by atoms with Gasteiger partial charge in [-0.3, -0.25) is 0 Å². The molecule has 0 aliphatic rings. The molecular formula is C17H14O8. The predicted molar refractivity (Wildman–Crippen MR) is 84.9 cm³/mol. The molecule has 0 radical (unpaired) electrons. The van der Waals surface area contributed by atoms with Crippen molar-refractivity contribution in [1.29, 1.82) is 0 Å². The van der Waals surface area contributed by atoms with E-state index in [0.29, 0.717) is 0 Å². The first kappa shape index (κ1) is 19.4. The molecule has 0 spiro atoms. The molecule has 0 saturated heterocycles. The Hall–Kier alpha value is -3.68. The highest BCUT2D eigenvalue weighted by atomic mass is 16.4. The van der Waals surface area contributed by atoms with Crippen LogP contribution in [0.5, 0.6) is 0 Å². The first-order valence-corrected chi connectivity index (χ1v) is 6.78. The van der Waals surface area contributed by atoms with Crippen LogP contribution in [-0.4, -0.2) is 44.3 Å². The maximum Gasteiger partial charge on any atom is 0.354 e. The Morgan fingerprint density at radius 3 is 0.920 bits per heavy atom. The molecule has 0 bridgehead atoms. The van der Waals surface area contributed by atoms with Crippen molar-refractivity contribution in [2.75, 3.05) is 0 Å². The quantitative estimate of drug-likeness (QED) is 0.597. The molecule has 2 aromatic carbocycles. The van der Waals surface area contributed by atoms with Gasteiger partial charge in [0.1, 0.15) is 0 Å². The smallest absolute Gasteiger partial charge is 0.354 e. The van der Waals surface area contributed by atoms with Crippen LogP contribution in [0.4, 0.5) is 0 Å². The molecule has 2 rings (SSSR count). The van der Waals surface area contributed by atoms with Gasteiger partial charge in [-0.05, 0) is 11.1 Å². The molecule has 0 aromatic heterocycles. The van der Waals surface area contributed by atoms with Gasteiger partial charge >= 0.3 is 29.3 Å². The van der Waals surface area contributed by atoms with Crippen molar-refractivity contribution in [3.8, 4) is 11.1 Å². The summed E-state index contributed by atoms with van der Waals surface area (Å²) in [7, 11) is 0. The van der Waals surface area contributed by atoms with Crippen LogP contribution in [0.1, 0.15) is 0 Å². The van der Waals surface area contributed by atoms with E-state index in [0.717, 1.165) is 0 Å². The number of benzene rings is 2. The third-order valence-corrected chi connectivity index (χ3v) is 3.16. The molecule has 0 aliphatic heterocycles. The van der Waals surface area contributed by atoms with E-state index in [1.54, 1.807) is 0 Å². The van der Waals surface area contributed by atoms with Crippen molar-refractivity contribution in [2.24, 2.45) is 5.41 Å². The highest BCUT2D eigenvalue weighted by Crippen LogP contribution is 2.19. The fourth-order valence-corrected chi connectivity index (χ4v) is 1.81. The third-order valence-electron chi connectivity index (χ3n) is 3.16. The topological polar surface area (TPSA) is 149 Å². The molecule has 0 heterocycles. The summed E-state index contributed by atoms with van der Waals surface area (Å²) >= 11 is 0. The Bertz CT molecular complexity index is 669. The van der Waals surface area contributed by atoms with Crippen molar-refractivity contribution in [3.63, 3.8) is 0 Å². The zero-order valence-electron chi connectivity index (χ0n) is 12.7. The van der Waals surface area contributed by atoms with E-state index in [2.05, 4.69) is 48.5 Å². The lowest BCUT2D eigenvalue weighted by molar-refractivity contribution is -0.183. The fourth-order valence-electron chi connectivity index (χ4n) is 1.81. The van der Waals surface area contributed by atoms with E-state index in [1.165, 1.54) is 11.1 Å². The second kappa shape index (κ2) is 8.25. The van der Waals surface area contributed by atoms with Crippen LogP contribution in [-0.2, 0) is 19.2 Å². The van der Waals surface area contributed by atoms with Gasteiger partial charge in [0.25, 0.3) is 0 Å². The first-order chi connectivity index (χ1) is 11.7. The number of hydrogen-bond donors (Lipinski definition) is 4. The van der Waals surface area contributed by atoms with Crippen molar-refractivity contribution >= 4 is 23.9 Å². The fraction of sp³-hybridized carbons (Fsp3) is 0.0588. The maximum atomic E-state index is 10.2. The van der Waals surface area contributed by atoms with Gasteiger partial charge in [-0.2, -0.15) is 0 Å². The van der Waals surface area contributed by atoms with E-state index in [4.69, 9.17) is 20.4 Å². The van der Waals surface area contributed by atoms with Gasteiger partial charge in [0.15, 0.2) is 0 Å². The summed E-state index contributed by atoms with van der Waals surface area (Å²) in [6.45, 7) is 0. The van der Waals surface area contributed by atoms with Crippen LogP contribution in [0.25, 0.3) is 11.1 Å². The largest absolute Gasteiger partial charge is 0.480 e. The number of carboxylic acid groups (broad SMARTS) is 4. The zero-order chi connectivity index (χ0) is 19.0. The lowest BCUT2D eigenvalue weighted by Gasteiger charge is -2.13. The van der Waals surface area contributed by atoms with Crippen molar-refractivity contribution < 1.29 is 39.6 Å². The van der Waals surface area contributed by atoms with E-state index < -0.39 is 29.3 Å². The van der Waals surface area contributed by atoms with Gasteiger partial charge in [-0.15, -0.1) is 0 Å². The van der Waals surface area contributed by atoms with E-state index in [1.807, 2.05) is 12.1 Å². The van der Waals surface area contributed by atoms with E-state index >= 15 is 0 Å². The molecule has 0 saturated carbocycles. The molecule has 130 valence electrons. The Morgan fingerprint density at radius 2 is 0.760 bits per heavy atom. The SMILES string of the molecule is O=C(O)C(C(=O)O)(C(=O)O)C(=O)O.c1ccc(-c2ccccc2)cc1. The molecule has 0 fully saturated rings. The highest BCUT2D eigenvalue weighted by Gasteiger charge is 2.62. The molecule has 8 heteroatoms. The van der Waals surface area contributed by atoms with Gasteiger partial charge in [0.2, 0.25) is 0 Å². The molecule has 2 aromatic rings. The van der Waals surface area contributed by atoms with Gasteiger partial charge in [0, 0.05) is 0 Å². The van der Waals surface area contributed by atoms with Crippen LogP contribution >= 0.6 is 0 Å². The van der Waals surface area contributed by atoms with Crippen LogP contribution in [0.2, 0.25) is 0 Å². The number of rotatable bonds is 5. The standard InChI is InChI=1S/C12H10.C5H4O8/c1-3-7-11(8-4-1)12-9-5-2-6-10-12;6-1(7)5(2(8)9,3(10)11)4(12)13/h1-10H;(H,6,7)(H,8,9)(H,10,11)(H,12,13). The predicted octanol–water partition coefficient (Wildman–Crippen LogP) is 1.66. The van der Waals surface area contributed by atoms with Gasteiger partial charge in [-0.25, -0.2) is 19.2 Å². The normalized spacial score (nSPS) is 10.1. The summed E-state index contributed by atoms with van der Waals surface area (Å²) < 4.78 is 0. The number of carbonyl (C=O) groups is 4. The zero-order valence-corrected chi connectivity index (χ0v) is 12.7. The Morgan fingerprint density at radius 1 is 0.520 bits per heavy atom. The van der Waals surface area contributed by atoms with Crippen molar-refractivity contribution in [1.82, 2.24) is 0 Å². The van der Waals surface area contributed by atoms with Crippen LogP contribution in [0.3, 0.4) is 0 Å². The summed E-state index contributed by atoms with van der Waals surface area (Å²) in [5.41, 5.74) is -1.28. The summed E-state index contributed by atoms with van der Waals surface area (Å²) in [5.74, 6) is -9.83. The van der Waals surface area contributed by atoms with Crippen LogP contribution in [0, 0.1) is 5.41 Å². The minimum Gasteiger partial charge on any atom is -0.480 e. The average Bonchev–Trinajstić information content (AvgIpc) is 2.56. The first-order valence-electron chi connectivity index (χ1n) is 6.78. The monoisotopic (exact) mass is 346 g/mol. The Kier molecular flexibility index (Phi) is 6.39. The summed E-state index contributed by atoms with van der Waals surface area (Å²) in [5, 5.41) is 32.8. The van der Waals surface area contributed by atoms with E-state index in [-0.39, 0.29) is 0 Å². The molecule has 0 unspecified atom stereocenters. The maximum absolute atomic E-state index is 10.2. The molecular weight excluding hydrogens is 332 g/mol. The number of aliphatic carboxylic acids is 4. The van der Waals surface area contributed by atoms with E-state index in [9.17, 15) is 19.2 Å². The summed E-state index contributed by atoms with van der Waals surface area (Å²) in [6.07, 6.45) is 0. The Labute approximate surface area is 141 Å². The van der Waals surface area contributed by atoms with Crippen LogP contribution in [0.15, 0.2) is 60.7 Å². The Balaban J connectivity index is 0.000000250. The average molecular weight is 346 g/mol. The molecule has 0 amide bonds. The van der Waals surface area contributed by atoms with Gasteiger partial charge in [-0.1, -0.05) is 60.7 Å². The van der Waals surface area contributed by atoms with Crippen molar-refractivity contribution in [3.05, 3.63) is 60.7 Å². The summed E-state index contributed by atoms with van der Waals surface area (Å²) in [4.78, 5) is 40.8. The number of hydrogen-bond acceptors (Lipinski definition) is 4. The molecule has 0 aliphatic carbocycles. The van der Waals surface area contributed by atoms with Gasteiger partial charge < -0.3 is 20.4 Å². The molecule has 25 heavy (non-hydrogen) atoms. The number of carboxylic acids is 4. The second-order valence-corrected chi connectivity index (χ2v) is 4.70. The lowest BCUT2D eigenvalue weighted by atomic mass is 9.89. The van der Waals surface area contributed by atoms with Crippen LogP contribution < -0.4 is 0 Å². The summed E-state index contributed by atoms with van der Waals surface area (Å²) in [6, 6.07) is 20.8. The minimum atomic E-state index is -3.83. The molecule has 4 N–H and O–H groups in total. The molecule has 0 atom stereocenters. The third kappa shape index (κ3) is 4.20.